The minimum Gasteiger partial charge on any atom is -0.493 e. The maximum absolute atomic E-state index is 12.0. The van der Waals surface area contributed by atoms with Crippen molar-refractivity contribution >= 4 is 29.4 Å². The summed E-state index contributed by atoms with van der Waals surface area (Å²) in [5.74, 6) is 2.45. The van der Waals surface area contributed by atoms with Gasteiger partial charge in [-0.15, -0.1) is 0 Å². The van der Waals surface area contributed by atoms with Crippen LogP contribution in [0.1, 0.15) is 55.8 Å². The largest absolute Gasteiger partial charge is 0.493 e. The van der Waals surface area contributed by atoms with Crippen molar-refractivity contribution < 1.29 is 23.7 Å². The molecule has 0 aliphatic heterocycles. The Morgan fingerprint density at radius 2 is 1.32 bits per heavy atom. The number of hydrogen-bond acceptors (Lipinski definition) is 11. The van der Waals surface area contributed by atoms with Gasteiger partial charge >= 0.3 is 0 Å². The standard InChI is InChI=1S/C32H47N7O5/c1-4-5-6-7-8-12-17-34-30-37-31(39-32(38-30)36-26-15-16-27(41-2)28(24-26)42-3)35-19-21-44-23-22-43-20-18-33-29(40)25-13-10-9-11-14-25/h9-11,13-16,24H,4-8,12,17-23H2,1-3H3,(H,33,40)(H3,34,35,36,37,38,39). The van der Waals surface area contributed by atoms with Crippen molar-refractivity contribution in [3.63, 3.8) is 0 Å². The van der Waals surface area contributed by atoms with Crippen molar-refractivity contribution in [1.82, 2.24) is 20.3 Å². The fraction of sp³-hybridized carbons (Fsp3) is 0.500. The fourth-order valence-corrected chi connectivity index (χ4v) is 4.22. The lowest BCUT2D eigenvalue weighted by atomic mass is 10.1. The number of unbranched alkanes of at least 4 members (excludes halogenated alkanes) is 5. The molecule has 44 heavy (non-hydrogen) atoms. The van der Waals surface area contributed by atoms with Gasteiger partial charge in [0, 0.05) is 37.0 Å². The van der Waals surface area contributed by atoms with Crippen LogP contribution < -0.4 is 30.7 Å². The Balaban J connectivity index is 1.42. The highest BCUT2D eigenvalue weighted by Gasteiger charge is 2.10. The van der Waals surface area contributed by atoms with Crippen LogP contribution in [0.2, 0.25) is 0 Å². The Labute approximate surface area is 260 Å². The Hall–Kier alpha value is -4.16. The number of benzene rings is 2. The van der Waals surface area contributed by atoms with Crippen molar-refractivity contribution in [3.8, 4) is 11.5 Å². The fourth-order valence-electron chi connectivity index (χ4n) is 4.22. The molecule has 1 amide bonds. The molecule has 0 aliphatic carbocycles. The lowest BCUT2D eigenvalue weighted by Crippen LogP contribution is -2.27. The van der Waals surface area contributed by atoms with E-state index in [-0.39, 0.29) is 5.91 Å². The number of ether oxygens (including phenoxy) is 4. The third-order valence-electron chi connectivity index (χ3n) is 6.56. The van der Waals surface area contributed by atoms with Crippen LogP contribution in [0.3, 0.4) is 0 Å². The van der Waals surface area contributed by atoms with Crippen LogP contribution in [0.15, 0.2) is 48.5 Å². The lowest BCUT2D eigenvalue weighted by molar-refractivity contribution is 0.0519. The molecule has 0 radical (unpaired) electrons. The molecule has 4 N–H and O–H groups in total. The minimum atomic E-state index is -0.113. The highest BCUT2D eigenvalue weighted by atomic mass is 16.5. The van der Waals surface area contributed by atoms with E-state index in [0.29, 0.717) is 74.4 Å². The topological polar surface area (TPSA) is 141 Å². The van der Waals surface area contributed by atoms with Crippen molar-refractivity contribution in [2.45, 2.75) is 45.4 Å². The molecule has 1 heterocycles. The molecule has 0 saturated carbocycles. The van der Waals surface area contributed by atoms with Gasteiger partial charge in [-0.3, -0.25) is 4.79 Å². The molecule has 0 aliphatic rings. The number of nitrogens with one attached hydrogen (secondary N) is 4. The maximum Gasteiger partial charge on any atom is 0.251 e. The molecule has 0 fully saturated rings. The number of amides is 1. The zero-order valence-electron chi connectivity index (χ0n) is 26.2. The van der Waals surface area contributed by atoms with E-state index >= 15 is 0 Å². The molecule has 0 atom stereocenters. The van der Waals surface area contributed by atoms with Crippen molar-refractivity contribution in [2.24, 2.45) is 0 Å². The average molecular weight is 610 g/mol. The molecular formula is C32H47N7O5. The van der Waals surface area contributed by atoms with Crippen LogP contribution in [0.25, 0.3) is 0 Å². The summed E-state index contributed by atoms with van der Waals surface area (Å²) < 4.78 is 22.0. The van der Waals surface area contributed by atoms with Crippen LogP contribution in [-0.4, -0.2) is 81.1 Å². The second kappa shape index (κ2) is 20.7. The van der Waals surface area contributed by atoms with Crippen LogP contribution in [0, 0.1) is 0 Å². The van der Waals surface area contributed by atoms with Crippen LogP contribution in [0.5, 0.6) is 11.5 Å². The van der Waals surface area contributed by atoms with Crippen LogP contribution in [0.4, 0.5) is 23.5 Å². The molecule has 0 saturated heterocycles. The number of nitrogens with zero attached hydrogens (tertiary/aromatic N) is 3. The summed E-state index contributed by atoms with van der Waals surface area (Å²) >= 11 is 0. The Bertz CT molecular complexity index is 1230. The summed E-state index contributed by atoms with van der Waals surface area (Å²) in [6, 6.07) is 14.6. The van der Waals surface area contributed by atoms with Gasteiger partial charge in [0.1, 0.15) is 0 Å². The number of carbonyl (C=O) groups excluding carboxylic acids is 1. The summed E-state index contributed by atoms with van der Waals surface area (Å²) in [6.45, 7) is 5.66. The smallest absolute Gasteiger partial charge is 0.251 e. The van der Waals surface area contributed by atoms with Gasteiger partial charge < -0.3 is 40.2 Å². The first kappa shape index (κ1) is 34.3. The SMILES string of the molecule is CCCCCCCCNc1nc(NCCOCCOCCNC(=O)c2ccccc2)nc(Nc2ccc(OC)c(OC)c2)n1. The lowest BCUT2D eigenvalue weighted by Gasteiger charge is -2.13. The van der Waals surface area contributed by atoms with Crippen molar-refractivity contribution in [1.29, 1.82) is 0 Å². The van der Waals surface area contributed by atoms with Crippen molar-refractivity contribution in [2.75, 3.05) is 76.2 Å². The van der Waals surface area contributed by atoms with Gasteiger partial charge in [-0.1, -0.05) is 57.2 Å². The molecule has 2 aromatic carbocycles. The summed E-state index contributed by atoms with van der Waals surface area (Å²) in [7, 11) is 3.19. The van der Waals surface area contributed by atoms with E-state index < -0.39 is 0 Å². The normalized spacial score (nSPS) is 10.7. The van der Waals surface area contributed by atoms with E-state index in [0.717, 1.165) is 18.7 Å². The molecule has 0 spiro atoms. The van der Waals surface area contributed by atoms with Gasteiger partial charge in [0.05, 0.1) is 40.6 Å². The predicted octanol–water partition coefficient (Wildman–Crippen LogP) is 5.28. The number of hydrogen-bond donors (Lipinski definition) is 4. The quantitative estimate of drug-likeness (QED) is 0.104. The van der Waals surface area contributed by atoms with Gasteiger partial charge in [0.15, 0.2) is 11.5 Å². The Morgan fingerprint density at radius 1 is 0.682 bits per heavy atom. The van der Waals surface area contributed by atoms with Gasteiger partial charge in [0.25, 0.3) is 5.91 Å². The number of rotatable bonds is 23. The maximum atomic E-state index is 12.0. The molecule has 0 unspecified atom stereocenters. The minimum absolute atomic E-state index is 0.113. The second-order valence-corrected chi connectivity index (χ2v) is 9.97. The van der Waals surface area contributed by atoms with E-state index in [1.807, 2.05) is 36.4 Å². The van der Waals surface area contributed by atoms with E-state index in [1.165, 1.54) is 32.1 Å². The molecule has 0 bridgehead atoms. The summed E-state index contributed by atoms with van der Waals surface area (Å²) in [5.41, 5.74) is 1.38. The van der Waals surface area contributed by atoms with Gasteiger partial charge in [-0.25, -0.2) is 0 Å². The van der Waals surface area contributed by atoms with Crippen LogP contribution >= 0.6 is 0 Å². The first-order valence-electron chi connectivity index (χ1n) is 15.3. The van der Waals surface area contributed by atoms with E-state index in [4.69, 9.17) is 18.9 Å². The summed E-state index contributed by atoms with van der Waals surface area (Å²) in [5, 5.41) is 12.6. The van der Waals surface area contributed by atoms with E-state index in [2.05, 4.69) is 43.1 Å². The molecular weight excluding hydrogens is 562 g/mol. The van der Waals surface area contributed by atoms with Gasteiger partial charge in [-0.2, -0.15) is 15.0 Å². The Kier molecular flexibility index (Phi) is 16.1. The zero-order valence-corrected chi connectivity index (χ0v) is 26.2. The van der Waals surface area contributed by atoms with Gasteiger partial charge in [0.2, 0.25) is 17.8 Å². The molecule has 12 nitrogen and oxygen atoms in total. The first-order valence-corrected chi connectivity index (χ1v) is 15.3. The summed E-state index contributed by atoms with van der Waals surface area (Å²) in [6.07, 6.45) is 7.25. The molecule has 3 rings (SSSR count). The monoisotopic (exact) mass is 609 g/mol. The van der Waals surface area contributed by atoms with E-state index in [9.17, 15) is 4.79 Å². The third kappa shape index (κ3) is 13.0. The molecule has 240 valence electrons. The zero-order chi connectivity index (χ0) is 31.2. The molecule has 1 aromatic heterocycles. The average Bonchev–Trinajstić information content (AvgIpc) is 3.05. The number of anilines is 4. The number of carbonyl (C=O) groups is 1. The summed E-state index contributed by atoms with van der Waals surface area (Å²) in [4.78, 5) is 25.7. The number of methoxy groups -OCH3 is 2. The second-order valence-electron chi connectivity index (χ2n) is 9.97. The molecule has 3 aromatic rings. The highest BCUT2D eigenvalue weighted by molar-refractivity contribution is 5.94. The highest BCUT2D eigenvalue weighted by Crippen LogP contribution is 2.30. The Morgan fingerprint density at radius 3 is 2.02 bits per heavy atom. The van der Waals surface area contributed by atoms with Crippen LogP contribution in [-0.2, 0) is 9.47 Å². The first-order chi connectivity index (χ1) is 21.6. The van der Waals surface area contributed by atoms with Crippen molar-refractivity contribution in [3.05, 3.63) is 54.1 Å². The number of aromatic nitrogens is 3. The molecule has 12 heteroatoms. The predicted molar refractivity (Wildman–Crippen MR) is 173 cm³/mol. The van der Waals surface area contributed by atoms with Gasteiger partial charge in [-0.05, 0) is 30.7 Å². The third-order valence-corrected chi connectivity index (χ3v) is 6.56. The van der Waals surface area contributed by atoms with E-state index in [1.54, 1.807) is 26.4 Å².